The van der Waals surface area contributed by atoms with E-state index in [4.69, 9.17) is 9.72 Å². The van der Waals surface area contributed by atoms with Crippen LogP contribution in [0.3, 0.4) is 0 Å². The molecule has 2 aliphatic rings. The Balaban J connectivity index is 1.40. The van der Waals surface area contributed by atoms with Gasteiger partial charge in [-0.1, -0.05) is 18.9 Å². The predicted octanol–water partition coefficient (Wildman–Crippen LogP) is 4.82. The highest BCUT2D eigenvalue weighted by Crippen LogP contribution is 2.31. The van der Waals surface area contributed by atoms with E-state index in [1.54, 1.807) is 21.7 Å². The number of rotatable bonds is 3. The maximum atomic E-state index is 13.0. The van der Waals surface area contributed by atoms with Crippen molar-refractivity contribution in [1.82, 2.24) is 19.4 Å². The minimum absolute atomic E-state index is 0.0488. The van der Waals surface area contributed by atoms with E-state index in [1.165, 1.54) is 0 Å². The number of carbonyl (C=O) groups is 1. The Morgan fingerprint density at radius 3 is 2.69 bits per heavy atom. The maximum Gasteiger partial charge on any atom is 0.410 e. The third kappa shape index (κ3) is 4.76. The van der Waals surface area contributed by atoms with Crippen LogP contribution in [-0.2, 0) is 17.7 Å². The Morgan fingerprint density at radius 2 is 1.97 bits per heavy atom. The lowest BCUT2D eigenvalue weighted by Crippen LogP contribution is -2.39. The lowest BCUT2D eigenvalue weighted by atomic mass is 9.99. The molecule has 1 aliphatic heterocycles. The third-order valence-corrected chi connectivity index (χ3v) is 6.71. The van der Waals surface area contributed by atoms with Crippen molar-refractivity contribution in [1.29, 1.82) is 5.26 Å². The molecular weight excluding hydrogens is 456 g/mol. The van der Waals surface area contributed by atoms with Crippen molar-refractivity contribution in [2.45, 2.75) is 71.1 Å². The monoisotopic (exact) mass is 486 g/mol. The van der Waals surface area contributed by atoms with Crippen LogP contribution in [0, 0.1) is 11.3 Å². The van der Waals surface area contributed by atoms with Gasteiger partial charge in [0.1, 0.15) is 22.9 Å². The molecule has 1 fully saturated rings. The molecule has 0 radical (unpaired) electrons. The SMILES string of the molecule is CC(C)(C)OC(=O)N1CCc2cc(Nc3ncc4cc(C#N)c(=O)n(C5CCCC5)c4n3)ccc2C1. The second-order valence-electron chi connectivity index (χ2n) is 10.5. The Morgan fingerprint density at radius 1 is 1.19 bits per heavy atom. The fourth-order valence-corrected chi connectivity index (χ4v) is 5.00. The fraction of sp³-hybridized carbons (Fsp3) is 0.444. The van der Waals surface area contributed by atoms with Crippen molar-refractivity contribution >= 4 is 28.8 Å². The van der Waals surface area contributed by atoms with E-state index in [1.807, 2.05) is 39.0 Å². The summed E-state index contributed by atoms with van der Waals surface area (Å²) >= 11 is 0. The molecule has 9 heteroatoms. The first kappa shape index (κ1) is 23.8. The van der Waals surface area contributed by atoms with E-state index in [0.717, 1.165) is 48.9 Å². The summed E-state index contributed by atoms with van der Waals surface area (Å²) in [5.74, 6) is 0.393. The van der Waals surface area contributed by atoms with Crippen LogP contribution in [0.1, 0.15) is 69.2 Å². The first-order valence-electron chi connectivity index (χ1n) is 12.4. The molecule has 0 spiro atoms. The van der Waals surface area contributed by atoms with Crippen LogP contribution in [0.4, 0.5) is 16.4 Å². The molecule has 1 amide bonds. The van der Waals surface area contributed by atoms with Gasteiger partial charge in [-0.25, -0.2) is 9.78 Å². The third-order valence-electron chi connectivity index (χ3n) is 6.71. The van der Waals surface area contributed by atoms with Crippen LogP contribution in [0.25, 0.3) is 11.0 Å². The van der Waals surface area contributed by atoms with Gasteiger partial charge in [-0.05, 0) is 69.4 Å². The molecular formula is C27H30N6O3. The van der Waals surface area contributed by atoms with Gasteiger partial charge in [0.25, 0.3) is 5.56 Å². The summed E-state index contributed by atoms with van der Waals surface area (Å²) in [7, 11) is 0. The topological polar surface area (TPSA) is 113 Å². The highest BCUT2D eigenvalue weighted by Gasteiger charge is 2.26. The van der Waals surface area contributed by atoms with Crippen molar-refractivity contribution in [2.75, 3.05) is 11.9 Å². The summed E-state index contributed by atoms with van der Waals surface area (Å²) in [6.45, 7) is 6.69. The maximum absolute atomic E-state index is 13.0. The Labute approximate surface area is 209 Å². The number of nitrogens with one attached hydrogen (secondary N) is 1. The van der Waals surface area contributed by atoms with E-state index < -0.39 is 5.60 Å². The van der Waals surface area contributed by atoms with E-state index >= 15 is 0 Å². The number of benzene rings is 1. The molecule has 0 bridgehead atoms. The summed E-state index contributed by atoms with van der Waals surface area (Å²) in [5.41, 5.74) is 2.93. The molecule has 1 saturated carbocycles. The standard InChI is InChI=1S/C27H30N6O3/c1-27(2,3)36-26(35)32-11-10-17-13-21(9-8-18(17)16-32)30-25-29-15-20-12-19(14-28)24(34)33(23(20)31-25)22-6-4-5-7-22/h8-9,12-13,15,22H,4-7,10-11,16H2,1-3H3,(H,29,30,31). The van der Waals surface area contributed by atoms with Gasteiger partial charge in [0.15, 0.2) is 0 Å². The number of ether oxygens (including phenoxy) is 1. The van der Waals surface area contributed by atoms with E-state index in [-0.39, 0.29) is 23.3 Å². The Hall–Kier alpha value is -3.93. The molecule has 1 N–H and O–H groups in total. The number of amides is 1. The number of carbonyl (C=O) groups excluding carboxylic acids is 1. The average Bonchev–Trinajstić information content (AvgIpc) is 3.36. The molecule has 0 unspecified atom stereocenters. The van der Waals surface area contributed by atoms with Crippen LogP contribution in [-0.4, -0.2) is 37.7 Å². The number of pyridine rings is 1. The smallest absolute Gasteiger partial charge is 0.410 e. The summed E-state index contributed by atoms with van der Waals surface area (Å²) in [6.07, 6.45) is 6.02. The molecule has 3 heterocycles. The minimum atomic E-state index is -0.524. The second-order valence-corrected chi connectivity index (χ2v) is 10.5. The van der Waals surface area contributed by atoms with Crippen molar-refractivity contribution in [2.24, 2.45) is 0 Å². The molecule has 9 nitrogen and oxygen atoms in total. The largest absolute Gasteiger partial charge is 0.444 e. The van der Waals surface area contributed by atoms with Crippen LogP contribution < -0.4 is 10.9 Å². The van der Waals surface area contributed by atoms with Gasteiger partial charge in [-0.15, -0.1) is 0 Å². The zero-order valence-electron chi connectivity index (χ0n) is 20.9. The second kappa shape index (κ2) is 9.26. The van der Waals surface area contributed by atoms with Gasteiger partial charge in [0, 0.05) is 36.4 Å². The van der Waals surface area contributed by atoms with Crippen molar-refractivity contribution < 1.29 is 9.53 Å². The van der Waals surface area contributed by atoms with Gasteiger partial charge in [0.05, 0.1) is 0 Å². The summed E-state index contributed by atoms with van der Waals surface area (Å²) in [5, 5.41) is 13.4. The van der Waals surface area contributed by atoms with Gasteiger partial charge >= 0.3 is 6.09 Å². The molecule has 5 rings (SSSR count). The molecule has 0 saturated heterocycles. The first-order chi connectivity index (χ1) is 17.2. The van der Waals surface area contributed by atoms with E-state index in [0.29, 0.717) is 30.1 Å². The summed E-state index contributed by atoms with van der Waals surface area (Å²) in [4.78, 5) is 36.3. The molecule has 36 heavy (non-hydrogen) atoms. The lowest BCUT2D eigenvalue weighted by Gasteiger charge is -2.31. The minimum Gasteiger partial charge on any atom is -0.444 e. The van der Waals surface area contributed by atoms with Crippen LogP contribution in [0.2, 0.25) is 0 Å². The highest BCUT2D eigenvalue weighted by molar-refractivity contribution is 5.77. The number of hydrogen-bond donors (Lipinski definition) is 1. The number of anilines is 2. The zero-order chi connectivity index (χ0) is 25.4. The van der Waals surface area contributed by atoms with Crippen LogP contribution in [0.15, 0.2) is 35.3 Å². The summed E-state index contributed by atoms with van der Waals surface area (Å²) in [6, 6.07) is 9.63. The number of aromatic nitrogens is 3. The fourth-order valence-electron chi connectivity index (χ4n) is 5.00. The van der Waals surface area contributed by atoms with Crippen molar-refractivity contribution in [3.63, 3.8) is 0 Å². The van der Waals surface area contributed by atoms with Gasteiger partial charge < -0.3 is 15.0 Å². The van der Waals surface area contributed by atoms with Crippen molar-refractivity contribution in [3.05, 3.63) is 57.5 Å². The molecule has 1 aromatic carbocycles. The predicted molar refractivity (Wildman–Crippen MR) is 136 cm³/mol. The Kier molecular flexibility index (Phi) is 6.12. The van der Waals surface area contributed by atoms with Crippen LogP contribution >= 0.6 is 0 Å². The average molecular weight is 487 g/mol. The Bertz CT molecular complexity index is 1430. The van der Waals surface area contributed by atoms with Crippen molar-refractivity contribution in [3.8, 4) is 6.07 Å². The van der Waals surface area contributed by atoms with Gasteiger partial charge in [-0.3, -0.25) is 9.36 Å². The number of fused-ring (bicyclic) bond motifs is 2. The first-order valence-corrected chi connectivity index (χ1v) is 12.4. The van der Waals surface area contributed by atoms with Gasteiger partial charge in [-0.2, -0.15) is 10.2 Å². The highest BCUT2D eigenvalue weighted by atomic mass is 16.6. The molecule has 186 valence electrons. The molecule has 2 aromatic heterocycles. The normalized spacial score (nSPS) is 16.0. The molecule has 0 atom stereocenters. The quantitative estimate of drug-likeness (QED) is 0.565. The van der Waals surface area contributed by atoms with Crippen LogP contribution in [0.5, 0.6) is 0 Å². The van der Waals surface area contributed by atoms with Gasteiger partial charge in [0.2, 0.25) is 5.95 Å². The van der Waals surface area contributed by atoms with E-state index in [9.17, 15) is 14.9 Å². The number of nitriles is 1. The summed E-state index contributed by atoms with van der Waals surface area (Å²) < 4.78 is 7.20. The number of hydrogen-bond acceptors (Lipinski definition) is 7. The van der Waals surface area contributed by atoms with E-state index in [2.05, 4.69) is 16.4 Å². The lowest BCUT2D eigenvalue weighted by molar-refractivity contribution is 0.0224. The zero-order valence-corrected chi connectivity index (χ0v) is 20.9. The molecule has 1 aliphatic carbocycles. The number of nitrogens with zero attached hydrogens (tertiary/aromatic N) is 5. The molecule has 3 aromatic rings.